The molecule has 1 fully saturated rings. The Morgan fingerprint density at radius 2 is 2.05 bits per heavy atom. The van der Waals surface area contributed by atoms with Crippen molar-refractivity contribution in [2.24, 2.45) is 0 Å². The van der Waals surface area contributed by atoms with E-state index in [0.717, 1.165) is 12.8 Å². The van der Waals surface area contributed by atoms with E-state index in [-0.39, 0.29) is 17.6 Å². The molecule has 21 heavy (non-hydrogen) atoms. The molecule has 7 heteroatoms. The second-order valence-corrected chi connectivity index (χ2v) is 5.29. The van der Waals surface area contributed by atoms with Crippen LogP contribution in [0.4, 0.5) is 10.5 Å². The summed E-state index contributed by atoms with van der Waals surface area (Å²) in [7, 11) is 1.71. The Balaban J connectivity index is 2.07. The molecule has 2 rings (SSSR count). The van der Waals surface area contributed by atoms with Crippen molar-refractivity contribution in [2.75, 3.05) is 25.6 Å². The first-order valence-corrected chi connectivity index (χ1v) is 7.01. The SMILES string of the molecule is CN(C(=O)Nc1cc(C(=O)O)ccc1Cl)C1CCOCC1. The number of benzene rings is 1. The Bertz CT molecular complexity index is 544. The van der Waals surface area contributed by atoms with Crippen molar-refractivity contribution in [3.8, 4) is 0 Å². The minimum Gasteiger partial charge on any atom is -0.478 e. The van der Waals surface area contributed by atoms with E-state index in [9.17, 15) is 9.59 Å². The number of carboxylic acids is 1. The monoisotopic (exact) mass is 312 g/mol. The van der Waals surface area contributed by atoms with Crippen LogP contribution in [0.1, 0.15) is 23.2 Å². The highest BCUT2D eigenvalue weighted by atomic mass is 35.5. The maximum Gasteiger partial charge on any atom is 0.335 e. The third-order valence-electron chi connectivity index (χ3n) is 3.51. The molecule has 0 saturated carbocycles. The van der Waals surface area contributed by atoms with E-state index in [1.807, 2.05) is 0 Å². The zero-order chi connectivity index (χ0) is 15.4. The maximum atomic E-state index is 12.2. The first kappa shape index (κ1) is 15.6. The fraction of sp³-hybridized carbons (Fsp3) is 0.429. The number of carbonyl (C=O) groups is 2. The standard InChI is InChI=1S/C14H17ClN2O4/c1-17(10-4-6-21-7-5-10)14(20)16-12-8-9(13(18)19)2-3-11(12)15/h2-3,8,10H,4-7H2,1H3,(H,16,20)(H,18,19). The molecule has 114 valence electrons. The van der Waals surface area contributed by atoms with Crippen molar-refractivity contribution in [2.45, 2.75) is 18.9 Å². The molecule has 1 aromatic rings. The summed E-state index contributed by atoms with van der Waals surface area (Å²) in [5, 5.41) is 11.9. The van der Waals surface area contributed by atoms with Gasteiger partial charge in [-0.25, -0.2) is 9.59 Å². The van der Waals surface area contributed by atoms with Crippen LogP contribution in [0, 0.1) is 0 Å². The van der Waals surface area contributed by atoms with Crippen molar-refractivity contribution in [3.63, 3.8) is 0 Å². The molecule has 2 amide bonds. The number of nitrogens with one attached hydrogen (secondary N) is 1. The van der Waals surface area contributed by atoms with Crippen LogP contribution in [-0.2, 0) is 4.74 Å². The molecule has 1 saturated heterocycles. The topological polar surface area (TPSA) is 78.9 Å². The van der Waals surface area contributed by atoms with Gasteiger partial charge in [0.2, 0.25) is 0 Å². The van der Waals surface area contributed by atoms with E-state index < -0.39 is 5.97 Å². The van der Waals surface area contributed by atoms with Gasteiger partial charge in [0.05, 0.1) is 16.3 Å². The molecular weight excluding hydrogens is 296 g/mol. The number of rotatable bonds is 3. The van der Waals surface area contributed by atoms with Gasteiger partial charge in [-0.05, 0) is 31.0 Å². The Morgan fingerprint density at radius 3 is 2.67 bits per heavy atom. The summed E-state index contributed by atoms with van der Waals surface area (Å²) in [5.41, 5.74) is 0.365. The predicted octanol–water partition coefficient (Wildman–Crippen LogP) is 2.68. The lowest BCUT2D eigenvalue weighted by atomic mass is 10.1. The van der Waals surface area contributed by atoms with Gasteiger partial charge in [0.15, 0.2) is 0 Å². The summed E-state index contributed by atoms with van der Waals surface area (Å²) in [6, 6.07) is 3.99. The number of halogens is 1. The molecule has 0 spiro atoms. The minimum absolute atomic E-state index is 0.0726. The molecule has 2 N–H and O–H groups in total. The number of urea groups is 1. The van der Waals surface area contributed by atoms with Crippen LogP contribution < -0.4 is 5.32 Å². The summed E-state index contributed by atoms with van der Waals surface area (Å²) < 4.78 is 5.26. The van der Waals surface area contributed by atoms with Crippen molar-refractivity contribution in [1.82, 2.24) is 4.90 Å². The molecule has 6 nitrogen and oxygen atoms in total. The van der Waals surface area contributed by atoms with Crippen LogP contribution in [0.15, 0.2) is 18.2 Å². The zero-order valence-corrected chi connectivity index (χ0v) is 12.4. The van der Waals surface area contributed by atoms with Crippen molar-refractivity contribution in [3.05, 3.63) is 28.8 Å². The normalized spacial score (nSPS) is 15.5. The number of aromatic carboxylic acids is 1. The van der Waals surface area contributed by atoms with Crippen LogP contribution in [0.3, 0.4) is 0 Å². The number of hydrogen-bond acceptors (Lipinski definition) is 3. The fourth-order valence-corrected chi connectivity index (χ4v) is 2.36. The van der Waals surface area contributed by atoms with Gasteiger partial charge in [-0.3, -0.25) is 0 Å². The number of hydrogen-bond donors (Lipinski definition) is 2. The third kappa shape index (κ3) is 3.86. The van der Waals surface area contributed by atoms with E-state index in [0.29, 0.717) is 23.9 Å². The number of amides is 2. The molecule has 1 aromatic carbocycles. The highest BCUT2D eigenvalue weighted by Crippen LogP contribution is 2.24. The zero-order valence-electron chi connectivity index (χ0n) is 11.6. The Kier molecular flexibility index (Phi) is 5.03. The first-order valence-electron chi connectivity index (χ1n) is 6.63. The van der Waals surface area contributed by atoms with Gasteiger partial charge in [0.1, 0.15) is 0 Å². The minimum atomic E-state index is -1.07. The Labute approximate surface area is 127 Å². The smallest absolute Gasteiger partial charge is 0.335 e. The van der Waals surface area contributed by atoms with E-state index >= 15 is 0 Å². The number of ether oxygens (including phenoxy) is 1. The number of anilines is 1. The molecular formula is C14H17ClN2O4. The molecule has 0 radical (unpaired) electrons. The van der Waals surface area contributed by atoms with Gasteiger partial charge in [-0.2, -0.15) is 0 Å². The summed E-state index contributed by atoms with van der Waals surface area (Å²) in [6.07, 6.45) is 1.57. The summed E-state index contributed by atoms with van der Waals surface area (Å²) in [4.78, 5) is 24.8. The second kappa shape index (κ2) is 6.78. The largest absolute Gasteiger partial charge is 0.478 e. The van der Waals surface area contributed by atoms with E-state index in [1.54, 1.807) is 11.9 Å². The van der Waals surface area contributed by atoms with Gasteiger partial charge in [0, 0.05) is 26.3 Å². The molecule has 0 atom stereocenters. The van der Waals surface area contributed by atoms with Crippen LogP contribution >= 0.6 is 11.6 Å². The van der Waals surface area contributed by atoms with E-state index in [4.69, 9.17) is 21.4 Å². The second-order valence-electron chi connectivity index (χ2n) is 4.88. The molecule has 1 heterocycles. The quantitative estimate of drug-likeness (QED) is 0.899. The maximum absolute atomic E-state index is 12.2. The van der Waals surface area contributed by atoms with Crippen LogP contribution in [0.2, 0.25) is 5.02 Å². The van der Waals surface area contributed by atoms with Gasteiger partial charge < -0.3 is 20.1 Å². The molecule has 0 bridgehead atoms. The molecule has 0 aliphatic carbocycles. The molecule has 0 unspecified atom stereocenters. The van der Waals surface area contributed by atoms with Gasteiger partial charge in [-0.1, -0.05) is 11.6 Å². The predicted molar refractivity (Wildman–Crippen MR) is 79.0 cm³/mol. The lowest BCUT2D eigenvalue weighted by Gasteiger charge is -2.31. The molecule has 1 aliphatic rings. The van der Waals surface area contributed by atoms with Crippen LogP contribution in [-0.4, -0.2) is 48.3 Å². The summed E-state index contributed by atoms with van der Waals surface area (Å²) in [6.45, 7) is 1.27. The third-order valence-corrected chi connectivity index (χ3v) is 3.84. The number of carboxylic acid groups (broad SMARTS) is 1. The van der Waals surface area contributed by atoms with E-state index in [1.165, 1.54) is 18.2 Å². The van der Waals surface area contributed by atoms with Gasteiger partial charge in [0.25, 0.3) is 0 Å². The van der Waals surface area contributed by atoms with Crippen molar-refractivity contribution >= 4 is 29.3 Å². The van der Waals surface area contributed by atoms with Crippen LogP contribution in [0.25, 0.3) is 0 Å². The highest BCUT2D eigenvalue weighted by Gasteiger charge is 2.23. The molecule has 1 aliphatic heterocycles. The first-order chi connectivity index (χ1) is 9.99. The summed E-state index contributed by atoms with van der Waals surface area (Å²) in [5.74, 6) is -1.07. The summed E-state index contributed by atoms with van der Waals surface area (Å²) >= 11 is 5.99. The van der Waals surface area contributed by atoms with Crippen molar-refractivity contribution in [1.29, 1.82) is 0 Å². The average Bonchev–Trinajstić information content (AvgIpc) is 2.49. The van der Waals surface area contributed by atoms with Crippen molar-refractivity contribution < 1.29 is 19.4 Å². The van der Waals surface area contributed by atoms with E-state index in [2.05, 4.69) is 5.32 Å². The van der Waals surface area contributed by atoms with Gasteiger partial charge >= 0.3 is 12.0 Å². The number of carbonyl (C=O) groups excluding carboxylic acids is 1. The lowest BCUT2D eigenvalue weighted by molar-refractivity contribution is 0.0544. The lowest BCUT2D eigenvalue weighted by Crippen LogP contribution is -2.42. The Morgan fingerprint density at radius 1 is 1.38 bits per heavy atom. The number of nitrogens with zero attached hydrogens (tertiary/aromatic N) is 1. The highest BCUT2D eigenvalue weighted by molar-refractivity contribution is 6.33. The molecule has 0 aromatic heterocycles. The average molecular weight is 313 g/mol. The Hall–Kier alpha value is -1.79. The fourth-order valence-electron chi connectivity index (χ4n) is 2.20. The van der Waals surface area contributed by atoms with Crippen LogP contribution in [0.5, 0.6) is 0 Å². The van der Waals surface area contributed by atoms with Gasteiger partial charge in [-0.15, -0.1) is 0 Å².